The number of benzene rings is 2. The first-order valence-electron chi connectivity index (χ1n) is 6.32. The van der Waals surface area contributed by atoms with E-state index in [1.165, 1.54) is 6.07 Å². The van der Waals surface area contributed by atoms with E-state index in [0.717, 1.165) is 11.1 Å². The summed E-state index contributed by atoms with van der Waals surface area (Å²) in [7, 11) is 0. The monoisotopic (exact) mass is 294 g/mol. The van der Waals surface area contributed by atoms with Gasteiger partial charge in [-0.3, -0.25) is 0 Å². The third-order valence-electron chi connectivity index (χ3n) is 3.08. The van der Waals surface area contributed by atoms with Gasteiger partial charge in [-0.05, 0) is 49.2 Å². The van der Waals surface area contributed by atoms with Crippen LogP contribution in [0.2, 0.25) is 5.02 Å². The molecule has 0 spiro atoms. The molecule has 0 amide bonds. The van der Waals surface area contributed by atoms with Gasteiger partial charge >= 0.3 is 0 Å². The Kier molecular flexibility index (Phi) is 4.63. The topological polar surface area (TPSA) is 29.5 Å². The summed E-state index contributed by atoms with van der Waals surface area (Å²) < 4.78 is 19.2. The normalized spacial score (nSPS) is 12.2. The lowest BCUT2D eigenvalue weighted by Gasteiger charge is -2.12. The third-order valence-corrected chi connectivity index (χ3v) is 3.31. The highest BCUT2D eigenvalue weighted by molar-refractivity contribution is 6.30. The van der Waals surface area contributed by atoms with Gasteiger partial charge in [-0.2, -0.15) is 0 Å². The predicted octanol–water partition coefficient (Wildman–Crippen LogP) is 4.42. The fraction of sp³-hybridized carbons (Fsp3) is 0.250. The number of aliphatic hydroxyl groups excluding tert-OH is 1. The molecule has 0 aromatic heterocycles. The van der Waals surface area contributed by atoms with E-state index in [0.29, 0.717) is 16.3 Å². The predicted molar refractivity (Wildman–Crippen MR) is 77.6 cm³/mol. The fourth-order valence-electron chi connectivity index (χ4n) is 1.89. The average molecular weight is 295 g/mol. The van der Waals surface area contributed by atoms with Crippen molar-refractivity contribution < 1.29 is 14.2 Å². The lowest BCUT2D eigenvalue weighted by Crippen LogP contribution is -2.00. The summed E-state index contributed by atoms with van der Waals surface area (Å²) in [5.41, 5.74) is 2.18. The summed E-state index contributed by atoms with van der Waals surface area (Å²) in [6, 6.07) is 9.95. The molecule has 0 heterocycles. The van der Waals surface area contributed by atoms with E-state index in [1.807, 2.05) is 13.0 Å². The van der Waals surface area contributed by atoms with Gasteiger partial charge in [0.15, 0.2) is 0 Å². The Hall–Kier alpha value is -1.58. The van der Waals surface area contributed by atoms with Gasteiger partial charge in [0, 0.05) is 10.6 Å². The van der Waals surface area contributed by atoms with Crippen LogP contribution in [0.25, 0.3) is 0 Å². The molecule has 106 valence electrons. The molecule has 0 aliphatic carbocycles. The Balaban J connectivity index is 2.11. The van der Waals surface area contributed by atoms with Crippen molar-refractivity contribution in [1.29, 1.82) is 0 Å². The van der Waals surface area contributed by atoms with E-state index in [4.69, 9.17) is 16.3 Å². The summed E-state index contributed by atoms with van der Waals surface area (Å²) in [5, 5.41) is 9.87. The maximum Gasteiger partial charge on any atom is 0.131 e. The van der Waals surface area contributed by atoms with Gasteiger partial charge < -0.3 is 9.84 Å². The molecule has 2 rings (SSSR count). The van der Waals surface area contributed by atoms with Crippen molar-refractivity contribution in [1.82, 2.24) is 0 Å². The van der Waals surface area contributed by atoms with Crippen molar-refractivity contribution in [2.75, 3.05) is 0 Å². The minimum Gasteiger partial charge on any atom is -0.489 e. The zero-order chi connectivity index (χ0) is 14.7. The number of hydrogen-bond donors (Lipinski definition) is 1. The van der Waals surface area contributed by atoms with Crippen LogP contribution in [0.5, 0.6) is 5.75 Å². The molecule has 2 nitrogen and oxygen atoms in total. The smallest absolute Gasteiger partial charge is 0.131 e. The van der Waals surface area contributed by atoms with Crippen LogP contribution in [-0.2, 0) is 6.61 Å². The fourth-order valence-corrected chi connectivity index (χ4v) is 2.05. The molecule has 0 unspecified atom stereocenters. The number of aryl methyl sites for hydroxylation is 1. The lowest BCUT2D eigenvalue weighted by atomic mass is 10.1. The van der Waals surface area contributed by atoms with E-state index in [2.05, 4.69) is 0 Å². The van der Waals surface area contributed by atoms with Crippen LogP contribution in [-0.4, -0.2) is 5.11 Å². The van der Waals surface area contributed by atoms with Crippen molar-refractivity contribution in [2.45, 2.75) is 26.6 Å². The minimum absolute atomic E-state index is 0.137. The Labute approximate surface area is 122 Å². The number of hydrogen-bond acceptors (Lipinski definition) is 2. The Morgan fingerprint density at radius 1 is 1.25 bits per heavy atom. The van der Waals surface area contributed by atoms with E-state index < -0.39 is 6.10 Å². The minimum atomic E-state index is -0.517. The summed E-state index contributed by atoms with van der Waals surface area (Å²) in [6.45, 7) is 3.73. The van der Waals surface area contributed by atoms with Crippen LogP contribution in [0.15, 0.2) is 36.4 Å². The van der Waals surface area contributed by atoms with Crippen LogP contribution in [0, 0.1) is 12.7 Å². The molecule has 0 aliphatic heterocycles. The summed E-state index contributed by atoms with van der Waals surface area (Å²) >= 11 is 5.70. The largest absolute Gasteiger partial charge is 0.489 e. The van der Waals surface area contributed by atoms with E-state index in [1.54, 1.807) is 31.2 Å². The quantitative estimate of drug-likeness (QED) is 0.904. The molecular weight excluding hydrogens is 279 g/mol. The van der Waals surface area contributed by atoms with Gasteiger partial charge in [0.1, 0.15) is 18.2 Å². The molecule has 2 aromatic carbocycles. The van der Waals surface area contributed by atoms with Crippen LogP contribution < -0.4 is 4.74 Å². The third kappa shape index (κ3) is 3.50. The summed E-state index contributed by atoms with van der Waals surface area (Å²) in [6.07, 6.45) is -0.517. The van der Waals surface area contributed by atoms with E-state index in [9.17, 15) is 9.50 Å². The first-order valence-corrected chi connectivity index (χ1v) is 6.70. The van der Waals surface area contributed by atoms with Crippen molar-refractivity contribution in [3.05, 3.63) is 63.9 Å². The second-order valence-electron chi connectivity index (χ2n) is 4.73. The van der Waals surface area contributed by atoms with Gasteiger partial charge in [-0.15, -0.1) is 0 Å². The molecular formula is C16H16ClFO2. The SMILES string of the molecule is Cc1cc([C@@H](C)O)ccc1OCc1ccc(Cl)cc1F. The summed E-state index contributed by atoms with van der Waals surface area (Å²) in [5.74, 6) is 0.291. The molecule has 1 atom stereocenters. The molecule has 0 fully saturated rings. The van der Waals surface area contributed by atoms with E-state index in [-0.39, 0.29) is 12.4 Å². The Morgan fingerprint density at radius 3 is 2.60 bits per heavy atom. The first kappa shape index (κ1) is 14.8. The molecule has 0 saturated carbocycles. The van der Waals surface area contributed by atoms with Gasteiger partial charge in [0.2, 0.25) is 0 Å². The first-order chi connectivity index (χ1) is 9.47. The molecule has 20 heavy (non-hydrogen) atoms. The van der Waals surface area contributed by atoms with Crippen molar-refractivity contribution in [3.8, 4) is 5.75 Å². The molecule has 0 saturated heterocycles. The van der Waals surface area contributed by atoms with Gasteiger partial charge in [-0.25, -0.2) is 4.39 Å². The maximum absolute atomic E-state index is 13.6. The van der Waals surface area contributed by atoms with Crippen LogP contribution in [0.1, 0.15) is 29.7 Å². The van der Waals surface area contributed by atoms with Gasteiger partial charge in [0.25, 0.3) is 0 Å². The highest BCUT2D eigenvalue weighted by Crippen LogP contribution is 2.24. The number of rotatable bonds is 4. The second kappa shape index (κ2) is 6.25. The Morgan fingerprint density at radius 2 is 2.00 bits per heavy atom. The molecule has 4 heteroatoms. The summed E-state index contributed by atoms with van der Waals surface area (Å²) in [4.78, 5) is 0. The highest BCUT2D eigenvalue weighted by Gasteiger charge is 2.07. The van der Waals surface area contributed by atoms with Crippen LogP contribution in [0.3, 0.4) is 0 Å². The molecule has 0 bridgehead atoms. The molecule has 0 radical (unpaired) electrons. The maximum atomic E-state index is 13.6. The molecule has 0 aliphatic rings. The molecule has 1 N–H and O–H groups in total. The van der Waals surface area contributed by atoms with Crippen molar-refractivity contribution in [3.63, 3.8) is 0 Å². The zero-order valence-corrected chi connectivity index (χ0v) is 12.1. The zero-order valence-electron chi connectivity index (χ0n) is 11.4. The van der Waals surface area contributed by atoms with Gasteiger partial charge in [0.05, 0.1) is 6.10 Å². The van der Waals surface area contributed by atoms with Crippen molar-refractivity contribution in [2.24, 2.45) is 0 Å². The standard InChI is InChI=1S/C16H16ClFO2/c1-10-7-12(11(2)19)4-6-16(10)20-9-13-3-5-14(17)8-15(13)18/h3-8,11,19H,9H2,1-2H3/t11-/m1/s1. The number of aliphatic hydroxyl groups is 1. The van der Waals surface area contributed by atoms with Gasteiger partial charge in [-0.1, -0.05) is 23.7 Å². The lowest BCUT2D eigenvalue weighted by molar-refractivity contribution is 0.199. The van der Waals surface area contributed by atoms with E-state index >= 15 is 0 Å². The molecule has 2 aromatic rings. The Bertz CT molecular complexity index is 611. The van der Waals surface area contributed by atoms with Crippen molar-refractivity contribution >= 4 is 11.6 Å². The second-order valence-corrected chi connectivity index (χ2v) is 5.16. The number of ether oxygens (including phenoxy) is 1. The van der Waals surface area contributed by atoms with Crippen LogP contribution >= 0.6 is 11.6 Å². The highest BCUT2D eigenvalue weighted by atomic mass is 35.5. The average Bonchev–Trinajstić information content (AvgIpc) is 2.38. The van der Waals surface area contributed by atoms with Crippen LogP contribution in [0.4, 0.5) is 4.39 Å². The number of halogens is 2.